The molecule has 0 aliphatic carbocycles. The van der Waals surface area contributed by atoms with Crippen molar-refractivity contribution in [3.05, 3.63) is 34.1 Å². The van der Waals surface area contributed by atoms with Gasteiger partial charge in [0, 0.05) is 16.1 Å². The number of rotatable bonds is 7. The minimum absolute atomic E-state index is 0.119. The Morgan fingerprint density at radius 3 is 2.39 bits per heavy atom. The quantitative estimate of drug-likeness (QED) is 0.741. The first-order valence-electron chi connectivity index (χ1n) is 6.80. The van der Waals surface area contributed by atoms with Crippen molar-refractivity contribution in [1.82, 2.24) is 5.32 Å². The van der Waals surface area contributed by atoms with Crippen molar-refractivity contribution >= 4 is 15.9 Å². The Balaban J connectivity index is 2.89. The molecule has 1 nitrogen and oxygen atoms in total. The Morgan fingerprint density at radius 2 is 1.89 bits per heavy atom. The number of nitrogens with one attached hydrogen (secondary N) is 1. The number of halogens is 2. The van der Waals surface area contributed by atoms with E-state index in [0.29, 0.717) is 5.92 Å². The molecule has 102 valence electrons. The Bertz CT molecular complexity index is 364. The van der Waals surface area contributed by atoms with Gasteiger partial charge in [-0.05, 0) is 31.0 Å². The zero-order valence-corrected chi connectivity index (χ0v) is 13.1. The van der Waals surface area contributed by atoms with Crippen LogP contribution in [0.5, 0.6) is 0 Å². The van der Waals surface area contributed by atoms with Crippen LogP contribution in [0.4, 0.5) is 4.39 Å². The minimum Gasteiger partial charge on any atom is -0.310 e. The summed E-state index contributed by atoms with van der Waals surface area (Å²) in [6.07, 6.45) is 3.30. The zero-order valence-electron chi connectivity index (χ0n) is 11.5. The molecule has 1 atom stereocenters. The van der Waals surface area contributed by atoms with Crippen LogP contribution < -0.4 is 5.32 Å². The van der Waals surface area contributed by atoms with E-state index < -0.39 is 0 Å². The first-order chi connectivity index (χ1) is 8.62. The van der Waals surface area contributed by atoms with Gasteiger partial charge in [-0.3, -0.25) is 0 Å². The molecule has 3 heteroatoms. The third-order valence-electron chi connectivity index (χ3n) is 3.51. The maximum Gasteiger partial charge on any atom is 0.129 e. The summed E-state index contributed by atoms with van der Waals surface area (Å²) in [6.45, 7) is 7.33. The van der Waals surface area contributed by atoms with E-state index in [2.05, 4.69) is 42.0 Å². The van der Waals surface area contributed by atoms with Gasteiger partial charge < -0.3 is 5.32 Å². The van der Waals surface area contributed by atoms with Gasteiger partial charge in [0.25, 0.3) is 0 Å². The predicted molar refractivity (Wildman–Crippen MR) is 79.2 cm³/mol. The van der Waals surface area contributed by atoms with E-state index in [1.807, 2.05) is 12.1 Å². The van der Waals surface area contributed by atoms with E-state index >= 15 is 0 Å². The average molecular weight is 316 g/mol. The predicted octanol–water partition coefficient (Wildman–Crippen LogP) is 5.07. The maximum atomic E-state index is 14.0. The Kier molecular flexibility index (Phi) is 6.87. The lowest BCUT2D eigenvalue weighted by molar-refractivity contribution is 0.368. The summed E-state index contributed by atoms with van der Waals surface area (Å²) < 4.78 is 14.8. The Morgan fingerprint density at radius 1 is 1.22 bits per heavy atom. The molecular formula is C15H23BrFN. The van der Waals surface area contributed by atoms with Crippen molar-refractivity contribution in [3.63, 3.8) is 0 Å². The molecule has 0 aliphatic rings. The molecule has 1 aromatic rings. The normalized spacial score (nSPS) is 13.0. The second-order valence-corrected chi connectivity index (χ2v) is 5.61. The summed E-state index contributed by atoms with van der Waals surface area (Å²) in [6, 6.07) is 5.46. The fourth-order valence-corrected chi connectivity index (χ4v) is 2.64. The lowest BCUT2D eigenvalue weighted by atomic mass is 9.91. The molecule has 0 radical (unpaired) electrons. The highest BCUT2D eigenvalue weighted by atomic mass is 79.9. The smallest absolute Gasteiger partial charge is 0.129 e. The average Bonchev–Trinajstić information content (AvgIpc) is 2.35. The largest absolute Gasteiger partial charge is 0.310 e. The third kappa shape index (κ3) is 4.36. The van der Waals surface area contributed by atoms with E-state index in [0.717, 1.165) is 35.8 Å². The van der Waals surface area contributed by atoms with Crippen LogP contribution in [-0.2, 0) is 0 Å². The molecule has 0 saturated heterocycles. The van der Waals surface area contributed by atoms with Gasteiger partial charge in [-0.15, -0.1) is 0 Å². The topological polar surface area (TPSA) is 12.0 Å². The summed E-state index contributed by atoms with van der Waals surface area (Å²) in [5.41, 5.74) is 0.784. The van der Waals surface area contributed by atoms with Gasteiger partial charge in [0.1, 0.15) is 5.82 Å². The fourth-order valence-electron chi connectivity index (χ4n) is 2.31. The van der Waals surface area contributed by atoms with Crippen LogP contribution in [0.2, 0.25) is 0 Å². The summed E-state index contributed by atoms with van der Waals surface area (Å²) in [7, 11) is 0. The maximum absolute atomic E-state index is 14.0. The first kappa shape index (κ1) is 15.6. The van der Waals surface area contributed by atoms with Gasteiger partial charge in [0.15, 0.2) is 0 Å². The van der Waals surface area contributed by atoms with Crippen molar-refractivity contribution < 1.29 is 4.39 Å². The molecule has 0 amide bonds. The van der Waals surface area contributed by atoms with Crippen LogP contribution in [0.15, 0.2) is 22.7 Å². The molecule has 18 heavy (non-hydrogen) atoms. The molecule has 0 bridgehead atoms. The molecule has 0 spiro atoms. The van der Waals surface area contributed by atoms with Crippen LogP contribution in [0.25, 0.3) is 0 Å². The zero-order chi connectivity index (χ0) is 13.5. The number of benzene rings is 1. The minimum atomic E-state index is -0.124. The molecule has 0 aromatic heterocycles. The molecule has 1 aromatic carbocycles. The molecule has 0 saturated carbocycles. The molecular weight excluding hydrogens is 293 g/mol. The first-order valence-corrected chi connectivity index (χ1v) is 7.59. The van der Waals surface area contributed by atoms with E-state index in [4.69, 9.17) is 0 Å². The summed E-state index contributed by atoms with van der Waals surface area (Å²) in [5.74, 6) is 0.526. The molecule has 0 fully saturated rings. The van der Waals surface area contributed by atoms with Crippen molar-refractivity contribution in [3.8, 4) is 0 Å². The number of hydrogen-bond acceptors (Lipinski definition) is 1. The van der Waals surface area contributed by atoms with E-state index in [9.17, 15) is 4.39 Å². The van der Waals surface area contributed by atoms with Crippen molar-refractivity contribution in [2.24, 2.45) is 5.92 Å². The highest BCUT2D eigenvalue weighted by Crippen LogP contribution is 2.28. The van der Waals surface area contributed by atoms with Crippen molar-refractivity contribution in [2.45, 2.75) is 46.1 Å². The molecule has 0 aliphatic heterocycles. The van der Waals surface area contributed by atoms with Crippen molar-refractivity contribution in [2.75, 3.05) is 6.54 Å². The van der Waals surface area contributed by atoms with Gasteiger partial charge in [-0.25, -0.2) is 4.39 Å². The van der Waals surface area contributed by atoms with Crippen LogP contribution in [0, 0.1) is 11.7 Å². The standard InChI is InChI=1S/C15H23BrFN/c1-4-11(5-2)9-15(18-6-3)13-8-7-12(16)10-14(13)17/h7-8,10-11,15,18H,4-6,9H2,1-3H3. The van der Waals surface area contributed by atoms with Crippen LogP contribution in [-0.4, -0.2) is 6.54 Å². The van der Waals surface area contributed by atoms with Gasteiger partial charge >= 0.3 is 0 Å². The third-order valence-corrected chi connectivity index (χ3v) is 4.01. The van der Waals surface area contributed by atoms with Crippen LogP contribution in [0.1, 0.15) is 51.6 Å². The van der Waals surface area contributed by atoms with Crippen LogP contribution in [0.3, 0.4) is 0 Å². The fraction of sp³-hybridized carbons (Fsp3) is 0.600. The molecule has 1 rings (SSSR count). The lowest BCUT2D eigenvalue weighted by Crippen LogP contribution is -2.24. The second-order valence-electron chi connectivity index (χ2n) is 4.69. The van der Waals surface area contributed by atoms with E-state index in [1.165, 1.54) is 0 Å². The number of hydrogen-bond donors (Lipinski definition) is 1. The summed E-state index contributed by atoms with van der Waals surface area (Å²) in [5, 5.41) is 3.40. The summed E-state index contributed by atoms with van der Waals surface area (Å²) in [4.78, 5) is 0. The monoisotopic (exact) mass is 315 g/mol. The van der Waals surface area contributed by atoms with E-state index in [1.54, 1.807) is 6.07 Å². The molecule has 1 N–H and O–H groups in total. The summed E-state index contributed by atoms with van der Waals surface area (Å²) >= 11 is 3.30. The highest BCUT2D eigenvalue weighted by Gasteiger charge is 2.18. The lowest BCUT2D eigenvalue weighted by Gasteiger charge is -2.23. The Hall–Kier alpha value is -0.410. The highest BCUT2D eigenvalue weighted by molar-refractivity contribution is 9.10. The second kappa shape index (κ2) is 7.90. The van der Waals surface area contributed by atoms with Gasteiger partial charge in [-0.2, -0.15) is 0 Å². The Labute approximate surface area is 118 Å². The van der Waals surface area contributed by atoms with Crippen LogP contribution >= 0.6 is 15.9 Å². The SMILES string of the molecule is CCNC(CC(CC)CC)c1ccc(Br)cc1F. The van der Waals surface area contributed by atoms with Gasteiger partial charge in [-0.1, -0.05) is 55.6 Å². The van der Waals surface area contributed by atoms with E-state index in [-0.39, 0.29) is 11.9 Å². The molecule has 0 heterocycles. The van der Waals surface area contributed by atoms with Crippen molar-refractivity contribution in [1.29, 1.82) is 0 Å². The molecule has 1 unspecified atom stereocenters. The van der Waals surface area contributed by atoms with Gasteiger partial charge in [0.2, 0.25) is 0 Å². The van der Waals surface area contributed by atoms with Gasteiger partial charge in [0.05, 0.1) is 0 Å².